The summed E-state index contributed by atoms with van der Waals surface area (Å²) in [5.74, 6) is 0.825. The van der Waals surface area contributed by atoms with Crippen molar-refractivity contribution < 1.29 is 8.42 Å². The van der Waals surface area contributed by atoms with Gasteiger partial charge in [-0.3, -0.25) is 0 Å². The van der Waals surface area contributed by atoms with E-state index >= 15 is 0 Å². The van der Waals surface area contributed by atoms with Crippen LogP contribution in [0.4, 0.5) is 0 Å². The number of aryl methyl sites for hydroxylation is 3. The van der Waals surface area contributed by atoms with Gasteiger partial charge in [-0.2, -0.15) is 4.31 Å². The molecule has 2 aliphatic rings. The second-order valence-electron chi connectivity index (χ2n) is 7.66. The first-order chi connectivity index (χ1) is 13.6. The molecule has 0 bridgehead atoms. The Morgan fingerprint density at radius 1 is 1.00 bits per heavy atom. The van der Waals surface area contributed by atoms with E-state index in [0.29, 0.717) is 11.4 Å². The third-order valence-electron chi connectivity index (χ3n) is 5.87. The van der Waals surface area contributed by atoms with Crippen molar-refractivity contribution in [2.75, 3.05) is 12.3 Å². The van der Waals surface area contributed by atoms with Crippen LogP contribution in [0.5, 0.6) is 0 Å². The van der Waals surface area contributed by atoms with Gasteiger partial charge in [0.05, 0.1) is 10.3 Å². The fourth-order valence-corrected chi connectivity index (χ4v) is 7.99. The van der Waals surface area contributed by atoms with E-state index in [9.17, 15) is 8.42 Å². The minimum atomic E-state index is -3.55. The first kappa shape index (κ1) is 18.2. The van der Waals surface area contributed by atoms with E-state index in [0.717, 1.165) is 46.9 Å². The molecular formula is C23H23NO2S2. The van der Waals surface area contributed by atoms with Crippen LogP contribution in [0.3, 0.4) is 0 Å². The van der Waals surface area contributed by atoms with Crippen LogP contribution in [0.2, 0.25) is 0 Å². The van der Waals surface area contributed by atoms with Gasteiger partial charge in [-0.05, 0) is 59.7 Å². The Balaban J connectivity index is 1.63. The molecule has 0 radical (unpaired) electrons. The van der Waals surface area contributed by atoms with Gasteiger partial charge in [0, 0.05) is 12.3 Å². The summed E-state index contributed by atoms with van der Waals surface area (Å²) in [4.78, 5) is 0.506. The number of hydrogen-bond acceptors (Lipinski definition) is 3. The number of rotatable bonds is 3. The van der Waals surface area contributed by atoms with Crippen LogP contribution in [0.1, 0.15) is 34.0 Å². The fraction of sp³-hybridized carbons (Fsp3) is 0.304. The summed E-state index contributed by atoms with van der Waals surface area (Å²) in [6.45, 7) is 2.61. The molecule has 1 atom stereocenters. The van der Waals surface area contributed by atoms with Crippen molar-refractivity contribution in [1.82, 2.24) is 4.31 Å². The van der Waals surface area contributed by atoms with Crippen molar-refractivity contribution in [1.29, 1.82) is 0 Å². The maximum Gasteiger partial charge on any atom is 0.244 e. The molecule has 5 rings (SSSR count). The molecule has 0 spiro atoms. The summed E-state index contributed by atoms with van der Waals surface area (Å²) in [6, 6.07) is 18.4. The Bertz CT molecular complexity index is 1150. The lowest BCUT2D eigenvalue weighted by molar-refractivity contribution is 0.433. The molecule has 28 heavy (non-hydrogen) atoms. The van der Waals surface area contributed by atoms with Crippen LogP contribution in [0.15, 0.2) is 59.5 Å². The molecule has 1 aliphatic carbocycles. The van der Waals surface area contributed by atoms with Crippen molar-refractivity contribution in [2.24, 2.45) is 0 Å². The van der Waals surface area contributed by atoms with E-state index < -0.39 is 10.0 Å². The fourth-order valence-electron chi connectivity index (χ4n) is 4.49. The number of thioether (sulfide) groups is 1. The van der Waals surface area contributed by atoms with Gasteiger partial charge in [-0.25, -0.2) is 8.42 Å². The van der Waals surface area contributed by atoms with Crippen molar-refractivity contribution in [3.8, 4) is 0 Å². The topological polar surface area (TPSA) is 37.4 Å². The van der Waals surface area contributed by atoms with E-state index in [1.807, 2.05) is 12.1 Å². The largest absolute Gasteiger partial charge is 0.244 e. The Hall–Kier alpha value is -1.82. The lowest BCUT2D eigenvalue weighted by Crippen LogP contribution is -2.31. The molecule has 1 heterocycles. The minimum Gasteiger partial charge on any atom is -0.207 e. The molecule has 144 valence electrons. The van der Waals surface area contributed by atoms with Crippen LogP contribution in [0.25, 0.3) is 10.8 Å². The van der Waals surface area contributed by atoms with E-state index in [-0.39, 0.29) is 5.37 Å². The van der Waals surface area contributed by atoms with Crippen molar-refractivity contribution >= 4 is 32.6 Å². The van der Waals surface area contributed by atoms with Gasteiger partial charge >= 0.3 is 0 Å². The van der Waals surface area contributed by atoms with Gasteiger partial charge in [-0.1, -0.05) is 54.1 Å². The lowest BCUT2D eigenvalue weighted by atomic mass is 9.89. The highest BCUT2D eigenvalue weighted by atomic mass is 32.2. The predicted molar refractivity (Wildman–Crippen MR) is 116 cm³/mol. The monoisotopic (exact) mass is 409 g/mol. The third-order valence-corrected chi connectivity index (χ3v) is 9.21. The molecule has 0 aromatic heterocycles. The molecule has 0 saturated carbocycles. The van der Waals surface area contributed by atoms with Gasteiger partial charge in [0.15, 0.2) is 0 Å². The molecule has 5 heteroatoms. The van der Waals surface area contributed by atoms with Crippen molar-refractivity contribution in [2.45, 2.75) is 36.5 Å². The quantitative estimate of drug-likeness (QED) is 0.606. The van der Waals surface area contributed by atoms with E-state index in [4.69, 9.17) is 0 Å². The normalized spacial score (nSPS) is 20.0. The molecule has 0 unspecified atom stereocenters. The number of hydrogen-bond donors (Lipinski definition) is 0. The van der Waals surface area contributed by atoms with Crippen LogP contribution < -0.4 is 0 Å². The van der Waals surface area contributed by atoms with Gasteiger partial charge in [0.1, 0.15) is 0 Å². The Morgan fingerprint density at radius 2 is 1.82 bits per heavy atom. The summed E-state index contributed by atoms with van der Waals surface area (Å²) in [5.41, 5.74) is 4.54. The first-order valence-electron chi connectivity index (χ1n) is 9.79. The highest BCUT2D eigenvalue weighted by Crippen LogP contribution is 2.43. The summed E-state index contributed by atoms with van der Waals surface area (Å²) < 4.78 is 29.2. The van der Waals surface area contributed by atoms with E-state index in [2.05, 4.69) is 49.4 Å². The van der Waals surface area contributed by atoms with Gasteiger partial charge in [-0.15, -0.1) is 11.8 Å². The predicted octanol–water partition coefficient (Wildman–Crippen LogP) is 5.07. The van der Waals surface area contributed by atoms with Crippen LogP contribution in [-0.4, -0.2) is 25.0 Å². The van der Waals surface area contributed by atoms with Crippen molar-refractivity contribution in [3.63, 3.8) is 0 Å². The maximum absolute atomic E-state index is 13.8. The zero-order valence-electron chi connectivity index (χ0n) is 15.9. The number of sulfonamides is 1. The highest BCUT2D eigenvalue weighted by molar-refractivity contribution is 8.01. The first-order valence-corrected chi connectivity index (χ1v) is 12.3. The van der Waals surface area contributed by atoms with Gasteiger partial charge in [0.2, 0.25) is 10.0 Å². The summed E-state index contributed by atoms with van der Waals surface area (Å²) >= 11 is 1.71. The van der Waals surface area contributed by atoms with Gasteiger partial charge < -0.3 is 0 Å². The summed E-state index contributed by atoms with van der Waals surface area (Å²) in [6.07, 6.45) is 2.87. The molecular weight excluding hydrogens is 386 g/mol. The highest BCUT2D eigenvalue weighted by Gasteiger charge is 2.38. The SMILES string of the molecule is Cc1ccc([C@@H]2SCCN2S(=O)(=O)c2ccc3cccc4c3c2CCC4)cc1. The van der Waals surface area contributed by atoms with E-state index in [1.54, 1.807) is 16.1 Å². The second-order valence-corrected chi connectivity index (χ2v) is 10.7. The minimum absolute atomic E-state index is 0.146. The zero-order valence-corrected chi connectivity index (χ0v) is 17.5. The number of nitrogens with zero attached hydrogens (tertiary/aromatic N) is 1. The van der Waals surface area contributed by atoms with Crippen LogP contribution in [-0.2, 0) is 22.9 Å². The molecule has 0 amide bonds. The van der Waals surface area contributed by atoms with Crippen molar-refractivity contribution in [3.05, 3.63) is 76.9 Å². The standard InChI is InChI=1S/C23H23NO2S2/c1-16-8-10-19(11-9-16)23-24(14-15-27-23)28(25,26)21-13-12-18-5-2-4-17-6-3-7-20(21)22(17)18/h2,4-5,8-13,23H,3,6-7,14-15H2,1H3/t23-/m0/s1. The molecule has 3 nitrogen and oxygen atoms in total. The Morgan fingerprint density at radius 3 is 2.64 bits per heavy atom. The summed E-state index contributed by atoms with van der Waals surface area (Å²) in [5, 5.41) is 2.16. The average Bonchev–Trinajstić information content (AvgIpc) is 3.20. The molecule has 1 saturated heterocycles. The molecule has 1 aliphatic heterocycles. The lowest BCUT2D eigenvalue weighted by Gasteiger charge is -2.27. The smallest absolute Gasteiger partial charge is 0.207 e. The van der Waals surface area contributed by atoms with Crippen LogP contribution >= 0.6 is 11.8 Å². The van der Waals surface area contributed by atoms with E-state index in [1.165, 1.54) is 11.1 Å². The molecule has 3 aromatic rings. The zero-order chi connectivity index (χ0) is 19.3. The average molecular weight is 410 g/mol. The molecule has 1 fully saturated rings. The Labute approximate surface area is 170 Å². The second kappa shape index (κ2) is 6.90. The van der Waals surface area contributed by atoms with Gasteiger partial charge in [0.25, 0.3) is 0 Å². The van der Waals surface area contributed by atoms with Crippen LogP contribution in [0, 0.1) is 6.92 Å². The molecule has 3 aromatic carbocycles. The number of benzene rings is 3. The molecule has 0 N–H and O–H groups in total. The Kier molecular flexibility index (Phi) is 4.49. The maximum atomic E-state index is 13.8. The third kappa shape index (κ3) is 2.88. The summed E-state index contributed by atoms with van der Waals surface area (Å²) in [7, 11) is -3.55.